The Hall–Kier alpha value is -1.26. The summed E-state index contributed by atoms with van der Waals surface area (Å²) in [5.41, 5.74) is 0. The standard InChI is InChI=1S/C16H29N3O2/c1-2-6-13-7-5-11-19(12-9-13)16(21)18-14-8-3-4-10-17-15(14)20/h13-14H,2-12H2,1H3,(H,17,20)(H,18,21)/t13-,14+/m0/s1. The summed E-state index contributed by atoms with van der Waals surface area (Å²) in [4.78, 5) is 26.2. The van der Waals surface area contributed by atoms with Gasteiger partial charge in [-0.2, -0.15) is 0 Å². The average Bonchev–Trinajstić information content (AvgIpc) is 2.81. The number of urea groups is 1. The second-order valence-corrected chi connectivity index (χ2v) is 6.36. The molecular formula is C16H29N3O2. The van der Waals surface area contributed by atoms with Crippen molar-refractivity contribution < 1.29 is 9.59 Å². The molecule has 2 aliphatic rings. The Morgan fingerprint density at radius 2 is 2.10 bits per heavy atom. The molecule has 2 atom stereocenters. The molecule has 0 aromatic carbocycles. The smallest absolute Gasteiger partial charge is 0.318 e. The van der Waals surface area contributed by atoms with Gasteiger partial charge in [0.05, 0.1) is 0 Å². The Morgan fingerprint density at radius 1 is 1.24 bits per heavy atom. The zero-order valence-corrected chi connectivity index (χ0v) is 13.2. The van der Waals surface area contributed by atoms with E-state index in [9.17, 15) is 9.59 Å². The van der Waals surface area contributed by atoms with E-state index in [1.807, 2.05) is 4.90 Å². The molecule has 0 aromatic heterocycles. The van der Waals surface area contributed by atoms with E-state index in [1.165, 1.54) is 19.3 Å². The van der Waals surface area contributed by atoms with E-state index in [0.29, 0.717) is 0 Å². The van der Waals surface area contributed by atoms with Gasteiger partial charge in [-0.05, 0) is 44.4 Å². The maximum absolute atomic E-state index is 12.4. The maximum atomic E-state index is 12.4. The third-order valence-corrected chi connectivity index (χ3v) is 4.66. The minimum absolute atomic E-state index is 0.0282. The number of amides is 3. The highest BCUT2D eigenvalue weighted by Crippen LogP contribution is 2.22. The van der Waals surface area contributed by atoms with Gasteiger partial charge in [-0.1, -0.05) is 19.8 Å². The third-order valence-electron chi connectivity index (χ3n) is 4.66. The van der Waals surface area contributed by atoms with Crippen molar-refractivity contribution in [3.8, 4) is 0 Å². The molecule has 0 bridgehead atoms. The van der Waals surface area contributed by atoms with Crippen LogP contribution in [-0.4, -0.2) is 42.5 Å². The number of likely N-dealkylation sites (tertiary alicyclic amines) is 1. The van der Waals surface area contributed by atoms with Crippen molar-refractivity contribution in [2.45, 2.75) is 64.3 Å². The van der Waals surface area contributed by atoms with Gasteiger partial charge in [-0.25, -0.2) is 4.79 Å². The summed E-state index contributed by atoms with van der Waals surface area (Å²) in [7, 11) is 0. The van der Waals surface area contributed by atoms with E-state index in [4.69, 9.17) is 0 Å². The van der Waals surface area contributed by atoms with Crippen molar-refractivity contribution in [3.05, 3.63) is 0 Å². The molecule has 0 aromatic rings. The Bertz CT molecular complexity index is 359. The molecular weight excluding hydrogens is 266 g/mol. The summed E-state index contributed by atoms with van der Waals surface area (Å²) in [6, 6.07) is -0.413. The number of carbonyl (C=O) groups is 2. The quantitative estimate of drug-likeness (QED) is 0.839. The van der Waals surface area contributed by atoms with E-state index < -0.39 is 0 Å². The van der Waals surface area contributed by atoms with Crippen LogP contribution in [-0.2, 0) is 4.79 Å². The van der Waals surface area contributed by atoms with E-state index in [2.05, 4.69) is 17.6 Å². The fourth-order valence-electron chi connectivity index (χ4n) is 3.38. The van der Waals surface area contributed by atoms with Crippen LogP contribution in [0.3, 0.4) is 0 Å². The first kappa shape index (κ1) is 16.1. The highest BCUT2D eigenvalue weighted by atomic mass is 16.2. The molecule has 0 aliphatic carbocycles. The predicted molar refractivity (Wildman–Crippen MR) is 83.0 cm³/mol. The van der Waals surface area contributed by atoms with Crippen LogP contribution in [0.25, 0.3) is 0 Å². The molecule has 2 aliphatic heterocycles. The molecule has 0 radical (unpaired) electrons. The lowest BCUT2D eigenvalue weighted by atomic mass is 9.96. The number of carbonyl (C=O) groups excluding carboxylic acids is 2. The summed E-state index contributed by atoms with van der Waals surface area (Å²) in [6.45, 7) is 4.60. The SMILES string of the molecule is CCC[C@H]1CCCN(C(=O)N[C@@H]2CCCCNC2=O)CC1. The molecule has 2 N–H and O–H groups in total. The van der Waals surface area contributed by atoms with Gasteiger partial charge in [0.2, 0.25) is 5.91 Å². The normalized spacial score (nSPS) is 27.5. The van der Waals surface area contributed by atoms with Gasteiger partial charge >= 0.3 is 6.03 Å². The number of rotatable bonds is 3. The van der Waals surface area contributed by atoms with Gasteiger partial charge in [-0.15, -0.1) is 0 Å². The Labute approximate surface area is 127 Å². The highest BCUT2D eigenvalue weighted by Gasteiger charge is 2.26. The lowest BCUT2D eigenvalue weighted by molar-refractivity contribution is -0.122. The van der Waals surface area contributed by atoms with Crippen LogP contribution in [0.5, 0.6) is 0 Å². The van der Waals surface area contributed by atoms with Crippen LogP contribution in [0.15, 0.2) is 0 Å². The van der Waals surface area contributed by atoms with Crippen molar-refractivity contribution in [2.24, 2.45) is 5.92 Å². The minimum atomic E-state index is -0.352. The van der Waals surface area contributed by atoms with Crippen molar-refractivity contribution in [2.75, 3.05) is 19.6 Å². The van der Waals surface area contributed by atoms with Gasteiger partial charge in [0.15, 0.2) is 0 Å². The van der Waals surface area contributed by atoms with Gasteiger partial charge in [0.1, 0.15) is 6.04 Å². The van der Waals surface area contributed by atoms with E-state index in [-0.39, 0.29) is 18.0 Å². The van der Waals surface area contributed by atoms with Crippen LogP contribution in [0, 0.1) is 5.92 Å². The molecule has 3 amide bonds. The number of nitrogens with zero attached hydrogens (tertiary/aromatic N) is 1. The van der Waals surface area contributed by atoms with Crippen LogP contribution in [0.1, 0.15) is 58.3 Å². The average molecular weight is 295 g/mol. The summed E-state index contributed by atoms with van der Waals surface area (Å²) in [5.74, 6) is 0.730. The van der Waals surface area contributed by atoms with E-state index >= 15 is 0 Å². The molecule has 5 nitrogen and oxygen atoms in total. The van der Waals surface area contributed by atoms with Crippen LogP contribution >= 0.6 is 0 Å². The lowest BCUT2D eigenvalue weighted by Crippen LogP contribution is -2.50. The Kier molecular flexibility index (Phi) is 6.33. The summed E-state index contributed by atoms with van der Waals surface area (Å²) in [5, 5.41) is 5.79. The molecule has 2 heterocycles. The minimum Gasteiger partial charge on any atom is -0.354 e. The Morgan fingerprint density at radius 3 is 2.90 bits per heavy atom. The first-order valence-electron chi connectivity index (χ1n) is 8.54. The topological polar surface area (TPSA) is 61.4 Å². The second-order valence-electron chi connectivity index (χ2n) is 6.36. The van der Waals surface area contributed by atoms with E-state index in [1.54, 1.807) is 0 Å². The molecule has 2 fully saturated rings. The van der Waals surface area contributed by atoms with Crippen LogP contribution < -0.4 is 10.6 Å². The lowest BCUT2D eigenvalue weighted by Gasteiger charge is -2.24. The summed E-state index contributed by atoms with van der Waals surface area (Å²) < 4.78 is 0. The fourth-order valence-corrected chi connectivity index (χ4v) is 3.38. The van der Waals surface area contributed by atoms with Crippen molar-refractivity contribution in [1.82, 2.24) is 15.5 Å². The zero-order valence-electron chi connectivity index (χ0n) is 13.2. The number of nitrogens with one attached hydrogen (secondary N) is 2. The fraction of sp³-hybridized carbons (Fsp3) is 0.875. The van der Waals surface area contributed by atoms with Gasteiger partial charge in [0.25, 0.3) is 0 Å². The largest absolute Gasteiger partial charge is 0.354 e. The molecule has 5 heteroatoms. The molecule has 2 saturated heterocycles. The van der Waals surface area contributed by atoms with Crippen molar-refractivity contribution in [3.63, 3.8) is 0 Å². The maximum Gasteiger partial charge on any atom is 0.318 e. The molecule has 21 heavy (non-hydrogen) atoms. The highest BCUT2D eigenvalue weighted by molar-refractivity contribution is 5.87. The third kappa shape index (κ3) is 4.90. The predicted octanol–water partition coefficient (Wildman–Crippen LogP) is 2.27. The first-order valence-corrected chi connectivity index (χ1v) is 8.54. The molecule has 120 valence electrons. The second kappa shape index (κ2) is 8.25. The van der Waals surface area contributed by atoms with Crippen molar-refractivity contribution in [1.29, 1.82) is 0 Å². The molecule has 2 rings (SSSR count). The van der Waals surface area contributed by atoms with Gasteiger partial charge in [0, 0.05) is 19.6 Å². The Balaban J connectivity index is 1.83. The van der Waals surface area contributed by atoms with Gasteiger partial charge in [-0.3, -0.25) is 4.79 Å². The summed E-state index contributed by atoms with van der Waals surface area (Å²) in [6.07, 6.45) is 8.63. The molecule has 0 unspecified atom stereocenters. The van der Waals surface area contributed by atoms with Crippen molar-refractivity contribution >= 4 is 11.9 Å². The number of hydrogen-bond acceptors (Lipinski definition) is 2. The summed E-state index contributed by atoms with van der Waals surface area (Å²) >= 11 is 0. The van der Waals surface area contributed by atoms with Gasteiger partial charge < -0.3 is 15.5 Å². The molecule has 0 saturated carbocycles. The first-order chi connectivity index (χ1) is 10.2. The van der Waals surface area contributed by atoms with Crippen LogP contribution in [0.4, 0.5) is 4.79 Å². The zero-order chi connectivity index (χ0) is 15.1. The monoisotopic (exact) mass is 295 g/mol. The van der Waals surface area contributed by atoms with E-state index in [0.717, 1.165) is 57.7 Å². The van der Waals surface area contributed by atoms with Crippen LogP contribution in [0.2, 0.25) is 0 Å². The number of hydrogen-bond donors (Lipinski definition) is 2. The molecule has 0 spiro atoms.